The third-order valence-corrected chi connectivity index (χ3v) is 6.38. The van der Waals surface area contributed by atoms with Gasteiger partial charge in [0.2, 0.25) is 5.91 Å². The Morgan fingerprint density at radius 2 is 1.47 bits per heavy atom. The Balaban J connectivity index is 1.89. The molecule has 1 aliphatic rings. The minimum Gasteiger partial charge on any atom is -0.378 e. The van der Waals surface area contributed by atoms with Gasteiger partial charge in [0.05, 0.1) is 39.6 Å². The number of rotatable bonds is 18. The van der Waals surface area contributed by atoms with Crippen molar-refractivity contribution in [2.24, 2.45) is 5.41 Å². The van der Waals surface area contributed by atoms with Gasteiger partial charge in [-0.05, 0) is 52.6 Å². The molecule has 0 aliphatic carbocycles. The van der Waals surface area contributed by atoms with Crippen LogP contribution in [0.15, 0.2) is 0 Å². The van der Waals surface area contributed by atoms with E-state index in [1.54, 1.807) is 0 Å². The zero-order chi connectivity index (χ0) is 23.9. The van der Waals surface area contributed by atoms with E-state index in [0.717, 1.165) is 32.7 Å². The van der Waals surface area contributed by atoms with E-state index in [1.165, 1.54) is 25.7 Å². The van der Waals surface area contributed by atoms with E-state index >= 15 is 0 Å². The highest BCUT2D eigenvalue weighted by atomic mass is 16.5. The molecule has 0 bridgehead atoms. The molecule has 7 heteroatoms. The van der Waals surface area contributed by atoms with Crippen molar-refractivity contribution in [2.75, 3.05) is 65.8 Å². The first-order valence-corrected chi connectivity index (χ1v) is 12.7. The molecule has 32 heavy (non-hydrogen) atoms. The molecule has 1 aliphatic heterocycles. The third kappa shape index (κ3) is 13.1. The zero-order valence-corrected chi connectivity index (χ0v) is 21.8. The Bertz CT molecular complexity index is 492. The normalized spacial score (nSPS) is 16.4. The monoisotopic (exact) mass is 457 g/mol. The smallest absolute Gasteiger partial charge is 0.225 e. The number of carbonyl (C=O) groups is 1. The Kier molecular flexibility index (Phi) is 14.6. The van der Waals surface area contributed by atoms with Crippen molar-refractivity contribution in [2.45, 2.75) is 85.2 Å². The summed E-state index contributed by atoms with van der Waals surface area (Å²) in [5.74, 6) is 0.0777. The highest BCUT2D eigenvalue weighted by Gasteiger charge is 2.25. The van der Waals surface area contributed by atoms with Crippen LogP contribution in [0.4, 0.5) is 0 Å². The number of hydrogen-bond acceptors (Lipinski definition) is 6. The molecular weight excluding hydrogens is 406 g/mol. The molecule has 0 radical (unpaired) electrons. The molecule has 0 atom stereocenters. The maximum absolute atomic E-state index is 11.9. The Morgan fingerprint density at radius 1 is 0.906 bits per heavy atom. The number of piperidine rings is 1. The summed E-state index contributed by atoms with van der Waals surface area (Å²) < 4.78 is 16.8. The molecule has 2 N–H and O–H groups in total. The van der Waals surface area contributed by atoms with E-state index in [0.29, 0.717) is 45.6 Å². The molecule has 1 rings (SSSR count). The van der Waals surface area contributed by atoms with Crippen molar-refractivity contribution < 1.29 is 19.0 Å². The quantitative estimate of drug-likeness (QED) is 0.308. The van der Waals surface area contributed by atoms with Gasteiger partial charge in [0.25, 0.3) is 0 Å². The lowest BCUT2D eigenvalue weighted by molar-refractivity contribution is -0.129. The number of nitrogens with one attached hydrogen (secondary N) is 2. The summed E-state index contributed by atoms with van der Waals surface area (Å²) in [4.78, 5) is 14.4. The number of hydrogen-bond donors (Lipinski definition) is 2. The zero-order valence-electron chi connectivity index (χ0n) is 21.8. The number of likely N-dealkylation sites (tertiary alicyclic amines) is 1. The van der Waals surface area contributed by atoms with Crippen LogP contribution < -0.4 is 10.6 Å². The predicted molar refractivity (Wildman–Crippen MR) is 131 cm³/mol. The number of carbonyl (C=O) groups excluding carboxylic acids is 1. The summed E-state index contributed by atoms with van der Waals surface area (Å²) in [6.45, 7) is 20.2. The molecule has 0 saturated carbocycles. The van der Waals surface area contributed by atoms with E-state index < -0.39 is 0 Å². The average Bonchev–Trinajstić information content (AvgIpc) is 2.75. The fourth-order valence-corrected chi connectivity index (χ4v) is 3.92. The lowest BCUT2D eigenvalue weighted by atomic mass is 9.89. The second kappa shape index (κ2) is 16.0. The van der Waals surface area contributed by atoms with Crippen LogP contribution in [0.5, 0.6) is 0 Å². The van der Waals surface area contributed by atoms with Crippen molar-refractivity contribution in [3.8, 4) is 0 Å². The summed E-state index contributed by atoms with van der Waals surface area (Å²) in [7, 11) is 0. The predicted octanol–water partition coefficient (Wildman–Crippen LogP) is 3.22. The van der Waals surface area contributed by atoms with Crippen LogP contribution in [0, 0.1) is 5.41 Å². The maximum Gasteiger partial charge on any atom is 0.225 e. The van der Waals surface area contributed by atoms with Crippen LogP contribution >= 0.6 is 0 Å². The average molecular weight is 458 g/mol. The SMILES string of the molecule is CCCC(C)(C)NC1CCN(CCOCCOCCOCCNC(=O)C(C)(C)CC)CC1. The minimum atomic E-state index is -0.317. The van der Waals surface area contributed by atoms with Crippen LogP contribution in [0.25, 0.3) is 0 Å². The molecule has 0 spiro atoms. The van der Waals surface area contributed by atoms with Gasteiger partial charge in [-0.2, -0.15) is 0 Å². The van der Waals surface area contributed by atoms with Gasteiger partial charge in [0.1, 0.15) is 0 Å². The van der Waals surface area contributed by atoms with E-state index in [2.05, 4.69) is 36.3 Å². The van der Waals surface area contributed by atoms with Gasteiger partial charge < -0.3 is 29.7 Å². The van der Waals surface area contributed by atoms with Gasteiger partial charge in [0, 0.05) is 30.1 Å². The van der Waals surface area contributed by atoms with E-state index in [-0.39, 0.29) is 16.9 Å². The van der Waals surface area contributed by atoms with Crippen molar-refractivity contribution in [1.29, 1.82) is 0 Å². The first kappa shape index (κ1) is 29.3. The Hall–Kier alpha value is -0.730. The molecule has 0 aromatic heterocycles. The fraction of sp³-hybridized carbons (Fsp3) is 0.960. The minimum absolute atomic E-state index is 0.0777. The number of amides is 1. The molecule has 1 fully saturated rings. The van der Waals surface area contributed by atoms with Crippen LogP contribution in [0.2, 0.25) is 0 Å². The standard InChI is InChI=1S/C25H51N3O4/c1-7-11-25(5,6)27-22-9-13-28(14-10-22)15-17-31-19-21-32-20-18-30-16-12-26-23(29)24(3,4)8-2/h22,27H,7-21H2,1-6H3,(H,26,29). The molecule has 190 valence electrons. The van der Waals surface area contributed by atoms with Gasteiger partial charge in [0.15, 0.2) is 0 Å². The summed E-state index contributed by atoms with van der Waals surface area (Å²) >= 11 is 0. The van der Waals surface area contributed by atoms with Gasteiger partial charge in [-0.3, -0.25) is 4.79 Å². The van der Waals surface area contributed by atoms with Crippen LogP contribution in [-0.4, -0.2) is 88.2 Å². The van der Waals surface area contributed by atoms with Crippen LogP contribution in [-0.2, 0) is 19.0 Å². The van der Waals surface area contributed by atoms with Crippen LogP contribution in [0.1, 0.15) is 73.6 Å². The van der Waals surface area contributed by atoms with Gasteiger partial charge in [-0.25, -0.2) is 0 Å². The fourth-order valence-electron chi connectivity index (χ4n) is 3.92. The lowest BCUT2D eigenvalue weighted by Gasteiger charge is -2.37. The van der Waals surface area contributed by atoms with E-state index in [4.69, 9.17) is 14.2 Å². The van der Waals surface area contributed by atoms with Crippen LogP contribution in [0.3, 0.4) is 0 Å². The van der Waals surface area contributed by atoms with E-state index in [9.17, 15) is 4.79 Å². The summed E-state index contributed by atoms with van der Waals surface area (Å²) in [6.07, 6.45) is 5.71. The maximum atomic E-state index is 11.9. The van der Waals surface area contributed by atoms with Crippen molar-refractivity contribution in [1.82, 2.24) is 15.5 Å². The first-order valence-electron chi connectivity index (χ1n) is 12.7. The molecule has 1 amide bonds. The summed E-state index contributed by atoms with van der Waals surface area (Å²) in [5.41, 5.74) is -0.0697. The van der Waals surface area contributed by atoms with Crippen molar-refractivity contribution in [3.05, 3.63) is 0 Å². The molecule has 0 unspecified atom stereocenters. The van der Waals surface area contributed by atoms with Crippen molar-refractivity contribution >= 4 is 5.91 Å². The highest BCUT2D eigenvalue weighted by molar-refractivity contribution is 5.81. The van der Waals surface area contributed by atoms with E-state index in [1.807, 2.05) is 20.8 Å². The first-order chi connectivity index (χ1) is 15.2. The number of ether oxygens (including phenoxy) is 3. The molecule has 0 aromatic carbocycles. The highest BCUT2D eigenvalue weighted by Crippen LogP contribution is 2.19. The van der Waals surface area contributed by atoms with Crippen molar-refractivity contribution in [3.63, 3.8) is 0 Å². The van der Waals surface area contributed by atoms with Gasteiger partial charge >= 0.3 is 0 Å². The second-order valence-electron chi connectivity index (χ2n) is 10.2. The third-order valence-electron chi connectivity index (χ3n) is 6.38. The molecule has 1 heterocycles. The molecular formula is C25H51N3O4. The number of nitrogens with zero attached hydrogens (tertiary/aromatic N) is 1. The molecule has 1 saturated heterocycles. The van der Waals surface area contributed by atoms with Gasteiger partial charge in [-0.15, -0.1) is 0 Å². The molecule has 0 aromatic rings. The summed E-state index contributed by atoms with van der Waals surface area (Å²) in [6, 6.07) is 0.642. The molecule has 7 nitrogen and oxygen atoms in total. The second-order valence-corrected chi connectivity index (χ2v) is 10.2. The van der Waals surface area contributed by atoms with Gasteiger partial charge in [-0.1, -0.05) is 34.1 Å². The lowest BCUT2D eigenvalue weighted by Crippen LogP contribution is -2.51. The Labute approximate surface area is 197 Å². The topological polar surface area (TPSA) is 72.1 Å². The Morgan fingerprint density at radius 3 is 2.03 bits per heavy atom. The largest absolute Gasteiger partial charge is 0.378 e. The summed E-state index contributed by atoms with van der Waals surface area (Å²) in [5, 5.41) is 6.75.